The first-order valence-corrected chi connectivity index (χ1v) is 6.80. The Morgan fingerprint density at radius 3 is 2.52 bits per heavy atom. The molecule has 0 aliphatic rings. The predicted octanol–water partition coefficient (Wildman–Crippen LogP) is 3.81. The van der Waals surface area contributed by atoms with E-state index in [4.69, 9.17) is 5.73 Å². The molecule has 0 atom stereocenters. The molecule has 1 aromatic heterocycles. The maximum atomic E-state index is 12.7. The van der Waals surface area contributed by atoms with Crippen molar-refractivity contribution in [1.82, 2.24) is 4.98 Å². The Labute approximate surface area is 122 Å². The fourth-order valence-electron chi connectivity index (χ4n) is 1.50. The monoisotopic (exact) mass is 320 g/mol. The van der Waals surface area contributed by atoms with Gasteiger partial charge in [0, 0.05) is 16.6 Å². The molecule has 114 valence electrons. The van der Waals surface area contributed by atoms with E-state index in [1.54, 1.807) is 29.6 Å². The van der Waals surface area contributed by atoms with E-state index in [0.29, 0.717) is 16.4 Å². The fourth-order valence-corrected chi connectivity index (χ4v) is 2.24. The normalized spacial score (nSPS) is 12.0. The Kier molecular flexibility index (Phi) is 4.79. The van der Waals surface area contributed by atoms with Crippen LogP contribution in [0.3, 0.4) is 0 Å². The Hall–Kier alpha value is -1.67. The average molecular weight is 320 g/mol. The second kappa shape index (κ2) is 6.40. The molecule has 3 nitrogen and oxygen atoms in total. The minimum absolute atomic E-state index is 0.234. The number of ether oxygens (including phenoxy) is 1. The first-order chi connectivity index (χ1) is 9.88. The van der Waals surface area contributed by atoms with Crippen LogP contribution in [0.2, 0.25) is 0 Å². The van der Waals surface area contributed by atoms with Crippen LogP contribution >= 0.6 is 11.3 Å². The molecule has 0 spiro atoms. The molecule has 21 heavy (non-hydrogen) atoms. The number of aromatic nitrogens is 1. The summed E-state index contributed by atoms with van der Waals surface area (Å²) in [5, 5.41) is 2.17. The van der Waals surface area contributed by atoms with Crippen LogP contribution in [0.25, 0.3) is 11.3 Å². The average Bonchev–Trinajstić information content (AvgIpc) is 2.88. The summed E-state index contributed by atoms with van der Waals surface area (Å²) in [6.07, 6.45) is -3.74. The van der Waals surface area contributed by atoms with E-state index in [-0.39, 0.29) is 6.61 Å². The Bertz CT molecular complexity index is 586. The van der Waals surface area contributed by atoms with Crippen molar-refractivity contribution in [2.45, 2.75) is 19.0 Å². The number of benzene rings is 1. The highest BCUT2D eigenvalue weighted by Gasteiger charge is 2.40. The highest BCUT2D eigenvalue weighted by atomic mass is 32.1. The van der Waals surface area contributed by atoms with Crippen molar-refractivity contribution in [3.8, 4) is 11.3 Å². The quantitative estimate of drug-likeness (QED) is 0.650. The molecule has 8 heteroatoms. The third-order valence-corrected chi connectivity index (χ3v) is 3.42. The van der Waals surface area contributed by atoms with Gasteiger partial charge in [0.2, 0.25) is 0 Å². The summed E-state index contributed by atoms with van der Waals surface area (Å²) in [5.74, 6) is -4.14. The van der Waals surface area contributed by atoms with Crippen LogP contribution < -0.4 is 5.73 Å². The van der Waals surface area contributed by atoms with Gasteiger partial charge in [-0.05, 0) is 12.1 Å². The van der Waals surface area contributed by atoms with Gasteiger partial charge < -0.3 is 10.5 Å². The molecule has 0 unspecified atom stereocenters. The maximum absolute atomic E-state index is 12.7. The van der Waals surface area contributed by atoms with Gasteiger partial charge >= 0.3 is 12.3 Å². The molecule has 1 aromatic carbocycles. The van der Waals surface area contributed by atoms with Crippen molar-refractivity contribution >= 4 is 17.0 Å². The second-order valence-corrected chi connectivity index (χ2v) is 5.25. The molecular formula is C13H12F4N2OS. The third-order valence-electron chi connectivity index (χ3n) is 2.60. The number of nitrogen functional groups attached to an aromatic ring is 1. The molecule has 1 heterocycles. The third kappa shape index (κ3) is 4.15. The summed E-state index contributed by atoms with van der Waals surface area (Å²) in [6.45, 7) is -1.57. The molecule has 0 fully saturated rings. The van der Waals surface area contributed by atoms with Crippen LogP contribution in [-0.2, 0) is 11.3 Å². The lowest BCUT2D eigenvalue weighted by molar-refractivity contribution is -0.168. The molecule has 0 aliphatic heterocycles. The van der Waals surface area contributed by atoms with Gasteiger partial charge in [-0.25, -0.2) is 13.8 Å². The van der Waals surface area contributed by atoms with Crippen molar-refractivity contribution < 1.29 is 22.3 Å². The summed E-state index contributed by atoms with van der Waals surface area (Å²) in [4.78, 5) is 4.19. The molecule has 0 saturated heterocycles. The van der Waals surface area contributed by atoms with Crippen LogP contribution in [0.15, 0.2) is 29.6 Å². The SMILES string of the molecule is Nc1ccc(-c2csc(COCC(F)(F)C(F)F)n2)cc1. The number of nitrogens with two attached hydrogens (primary N) is 1. The number of anilines is 1. The number of halogens is 4. The highest BCUT2D eigenvalue weighted by molar-refractivity contribution is 7.09. The van der Waals surface area contributed by atoms with E-state index in [9.17, 15) is 17.6 Å². The summed E-state index contributed by atoms with van der Waals surface area (Å²) in [5.41, 5.74) is 7.66. The fraction of sp³-hybridized carbons (Fsp3) is 0.308. The van der Waals surface area contributed by atoms with Crippen molar-refractivity contribution in [3.63, 3.8) is 0 Å². The first kappa shape index (κ1) is 15.7. The van der Waals surface area contributed by atoms with E-state index in [1.165, 1.54) is 11.3 Å². The maximum Gasteiger partial charge on any atom is 0.330 e. The van der Waals surface area contributed by atoms with Gasteiger partial charge in [0.15, 0.2) is 0 Å². The van der Waals surface area contributed by atoms with E-state index >= 15 is 0 Å². The molecule has 0 aliphatic carbocycles. The number of hydrogen-bond donors (Lipinski definition) is 1. The summed E-state index contributed by atoms with van der Waals surface area (Å²) in [6, 6.07) is 6.99. The van der Waals surface area contributed by atoms with Crippen LogP contribution in [0, 0.1) is 0 Å². The smallest absolute Gasteiger partial charge is 0.330 e. The largest absolute Gasteiger partial charge is 0.399 e. The Balaban J connectivity index is 1.93. The van der Waals surface area contributed by atoms with Crippen LogP contribution in [0.1, 0.15) is 5.01 Å². The standard InChI is InChI=1S/C13H12F4N2OS/c14-12(15)13(16,17)7-20-5-11-19-10(6-21-11)8-1-3-9(18)4-2-8/h1-4,6,12H,5,7,18H2. The molecule has 0 amide bonds. The van der Waals surface area contributed by atoms with E-state index in [1.807, 2.05) is 0 Å². The highest BCUT2D eigenvalue weighted by Crippen LogP contribution is 2.25. The zero-order valence-corrected chi connectivity index (χ0v) is 11.5. The molecule has 2 N–H and O–H groups in total. The number of hydrogen-bond acceptors (Lipinski definition) is 4. The number of rotatable bonds is 6. The van der Waals surface area contributed by atoms with Gasteiger partial charge in [-0.1, -0.05) is 12.1 Å². The first-order valence-electron chi connectivity index (χ1n) is 5.92. The summed E-state index contributed by atoms with van der Waals surface area (Å²) < 4.78 is 53.8. The van der Waals surface area contributed by atoms with Gasteiger partial charge in [-0.3, -0.25) is 0 Å². The van der Waals surface area contributed by atoms with Gasteiger partial charge in [0.1, 0.15) is 11.6 Å². The molecule has 0 bridgehead atoms. The molecular weight excluding hydrogens is 308 g/mol. The number of alkyl halides is 4. The van der Waals surface area contributed by atoms with Crippen LogP contribution in [0.4, 0.5) is 23.2 Å². The second-order valence-electron chi connectivity index (χ2n) is 4.30. The van der Waals surface area contributed by atoms with Gasteiger partial charge in [-0.2, -0.15) is 8.78 Å². The minimum Gasteiger partial charge on any atom is -0.399 e. The Morgan fingerprint density at radius 2 is 1.90 bits per heavy atom. The van der Waals surface area contributed by atoms with E-state index in [0.717, 1.165) is 5.56 Å². The minimum atomic E-state index is -4.14. The van der Waals surface area contributed by atoms with Gasteiger partial charge in [0.25, 0.3) is 0 Å². The van der Waals surface area contributed by atoms with Gasteiger partial charge in [-0.15, -0.1) is 11.3 Å². The molecule has 0 radical (unpaired) electrons. The van der Waals surface area contributed by atoms with Crippen molar-refractivity contribution in [3.05, 3.63) is 34.7 Å². The van der Waals surface area contributed by atoms with Crippen LogP contribution in [-0.4, -0.2) is 23.9 Å². The predicted molar refractivity (Wildman–Crippen MR) is 72.6 cm³/mol. The lowest BCUT2D eigenvalue weighted by Gasteiger charge is -2.14. The summed E-state index contributed by atoms with van der Waals surface area (Å²) >= 11 is 1.21. The van der Waals surface area contributed by atoms with E-state index < -0.39 is 19.0 Å². The van der Waals surface area contributed by atoms with Crippen molar-refractivity contribution in [2.75, 3.05) is 12.3 Å². The number of nitrogens with zero attached hydrogens (tertiary/aromatic N) is 1. The van der Waals surface area contributed by atoms with Crippen molar-refractivity contribution in [1.29, 1.82) is 0 Å². The van der Waals surface area contributed by atoms with Crippen molar-refractivity contribution in [2.24, 2.45) is 0 Å². The summed E-state index contributed by atoms with van der Waals surface area (Å²) in [7, 11) is 0. The van der Waals surface area contributed by atoms with Gasteiger partial charge in [0.05, 0.1) is 12.3 Å². The number of thiazole rings is 1. The lowest BCUT2D eigenvalue weighted by atomic mass is 10.1. The zero-order chi connectivity index (χ0) is 15.5. The molecule has 0 saturated carbocycles. The zero-order valence-electron chi connectivity index (χ0n) is 10.7. The molecule has 2 rings (SSSR count). The van der Waals surface area contributed by atoms with E-state index in [2.05, 4.69) is 9.72 Å². The lowest BCUT2D eigenvalue weighted by Crippen LogP contribution is -2.32. The Morgan fingerprint density at radius 1 is 1.24 bits per heavy atom. The van der Waals surface area contributed by atoms with Crippen LogP contribution in [0.5, 0.6) is 0 Å². The topological polar surface area (TPSA) is 48.1 Å². The molecule has 2 aromatic rings.